The minimum atomic E-state index is -4.39. The number of anilines is 1. The monoisotopic (exact) mass is 565 g/mol. The van der Waals surface area contributed by atoms with E-state index in [-0.39, 0.29) is 34.8 Å². The fraction of sp³-hybridized carbons (Fsp3) is 0.250. The first-order chi connectivity index (χ1) is 19.5. The van der Waals surface area contributed by atoms with Gasteiger partial charge in [-0.2, -0.15) is 10.5 Å². The molecular weight excluding hydrogens is 538 g/mol. The van der Waals surface area contributed by atoms with Crippen LogP contribution in [0, 0.1) is 48.8 Å². The molecule has 1 fully saturated rings. The van der Waals surface area contributed by atoms with Gasteiger partial charge < -0.3 is 4.74 Å². The van der Waals surface area contributed by atoms with E-state index in [0.29, 0.717) is 11.1 Å². The Balaban J connectivity index is 1.82. The van der Waals surface area contributed by atoms with Gasteiger partial charge in [0.1, 0.15) is 23.1 Å². The minimum absolute atomic E-state index is 0.0213. The molecule has 5 rings (SSSR count). The standard InChI is InChI=1S/C32H27N3O5S/c1-5-40-30(37)32(28(24(17-33)18-34)23-13-12-21(3)22(4)16-23)19-31(32)26-8-6-7-9-27(26)35(29(31)36)41(38,39)25-14-10-20(2)11-15-25/h6-16H,5,19H2,1-4H3/t31-,32-/m0/s1. The molecule has 0 saturated heterocycles. The van der Waals surface area contributed by atoms with E-state index in [1.165, 1.54) is 18.2 Å². The number of carbonyl (C=O) groups excluding carboxylic acids is 2. The number of para-hydroxylation sites is 1. The van der Waals surface area contributed by atoms with Crippen molar-refractivity contribution in [2.45, 2.75) is 44.4 Å². The molecule has 3 aromatic carbocycles. The van der Waals surface area contributed by atoms with Gasteiger partial charge in [0.15, 0.2) is 0 Å². The van der Waals surface area contributed by atoms with Gasteiger partial charge in [-0.05, 0) is 74.6 Å². The summed E-state index contributed by atoms with van der Waals surface area (Å²) in [6, 6.07) is 21.7. The Bertz CT molecular complexity index is 1830. The second-order valence-electron chi connectivity index (χ2n) is 10.4. The van der Waals surface area contributed by atoms with E-state index in [2.05, 4.69) is 0 Å². The fourth-order valence-electron chi connectivity index (χ4n) is 5.94. The molecule has 1 aliphatic heterocycles. The summed E-state index contributed by atoms with van der Waals surface area (Å²) in [6.45, 7) is 7.19. The predicted molar refractivity (Wildman–Crippen MR) is 152 cm³/mol. The number of nitriles is 2. The largest absolute Gasteiger partial charge is 0.465 e. The number of hydrogen-bond acceptors (Lipinski definition) is 7. The van der Waals surface area contributed by atoms with Crippen molar-refractivity contribution in [3.05, 3.63) is 100 Å². The highest BCUT2D eigenvalue weighted by Crippen LogP contribution is 2.75. The van der Waals surface area contributed by atoms with Crippen LogP contribution in [0.15, 0.2) is 77.2 Å². The lowest BCUT2D eigenvalue weighted by Gasteiger charge is -2.25. The zero-order valence-corrected chi connectivity index (χ0v) is 23.9. The van der Waals surface area contributed by atoms with Crippen molar-refractivity contribution in [2.75, 3.05) is 10.9 Å². The highest BCUT2D eigenvalue weighted by molar-refractivity contribution is 7.93. The SMILES string of the molecule is CCOC(=O)[C@@]1(C(=C(C#N)C#N)c2ccc(C)c(C)c2)C[C@]12C(=O)N(S(=O)(=O)c1ccc(C)cc1)c1ccccc12. The van der Waals surface area contributed by atoms with E-state index in [1.807, 2.05) is 39.0 Å². The highest BCUT2D eigenvalue weighted by Gasteiger charge is 2.83. The van der Waals surface area contributed by atoms with Gasteiger partial charge in [0.25, 0.3) is 15.9 Å². The summed E-state index contributed by atoms with van der Waals surface area (Å²) >= 11 is 0. The molecular formula is C32H27N3O5S. The number of fused-ring (bicyclic) bond motifs is 2. The maximum absolute atomic E-state index is 14.6. The van der Waals surface area contributed by atoms with Crippen molar-refractivity contribution >= 4 is 33.2 Å². The second kappa shape index (κ2) is 9.72. The van der Waals surface area contributed by atoms with Gasteiger partial charge in [0, 0.05) is 5.57 Å². The molecule has 1 amide bonds. The Kier molecular flexibility index (Phi) is 6.60. The Morgan fingerprint density at radius 1 is 0.976 bits per heavy atom. The number of sulfonamides is 1. The molecule has 41 heavy (non-hydrogen) atoms. The molecule has 0 radical (unpaired) electrons. The topological polar surface area (TPSA) is 128 Å². The van der Waals surface area contributed by atoms with E-state index in [4.69, 9.17) is 4.74 Å². The average molecular weight is 566 g/mol. The van der Waals surface area contributed by atoms with Crippen LogP contribution in [0.2, 0.25) is 0 Å². The van der Waals surface area contributed by atoms with Gasteiger partial charge in [-0.15, -0.1) is 0 Å². The number of carbonyl (C=O) groups is 2. The van der Waals surface area contributed by atoms with Crippen molar-refractivity contribution in [3.8, 4) is 12.1 Å². The number of esters is 1. The number of rotatable bonds is 6. The molecule has 1 saturated carbocycles. The lowest BCUT2D eigenvalue weighted by molar-refractivity contribution is -0.149. The Morgan fingerprint density at radius 3 is 2.24 bits per heavy atom. The third-order valence-electron chi connectivity index (χ3n) is 8.15. The summed E-state index contributed by atoms with van der Waals surface area (Å²) in [4.78, 5) is 28.5. The number of nitrogens with zero attached hydrogens (tertiary/aromatic N) is 3. The van der Waals surface area contributed by atoms with E-state index in [9.17, 15) is 28.5 Å². The molecule has 0 N–H and O–H groups in total. The normalized spacial score (nSPS) is 20.6. The molecule has 0 aromatic heterocycles. The molecule has 206 valence electrons. The molecule has 8 nitrogen and oxygen atoms in total. The number of aryl methyl sites for hydroxylation is 3. The number of allylic oxidation sites excluding steroid dienone is 1. The van der Waals surface area contributed by atoms with Gasteiger partial charge in [-0.25, -0.2) is 12.7 Å². The van der Waals surface area contributed by atoms with Crippen molar-refractivity contribution in [3.63, 3.8) is 0 Å². The van der Waals surface area contributed by atoms with Crippen molar-refractivity contribution in [2.24, 2.45) is 5.41 Å². The quantitative estimate of drug-likeness (QED) is 0.303. The zero-order valence-electron chi connectivity index (χ0n) is 23.1. The van der Waals surface area contributed by atoms with E-state index in [0.717, 1.165) is 21.0 Å². The van der Waals surface area contributed by atoms with Gasteiger partial charge in [0.2, 0.25) is 0 Å². The van der Waals surface area contributed by atoms with Crippen LogP contribution in [0.25, 0.3) is 5.57 Å². The first-order valence-electron chi connectivity index (χ1n) is 13.1. The number of amides is 1. The molecule has 0 unspecified atom stereocenters. The molecule has 3 aromatic rings. The fourth-order valence-corrected chi connectivity index (χ4v) is 7.43. The van der Waals surface area contributed by atoms with Crippen LogP contribution in [0.4, 0.5) is 5.69 Å². The lowest BCUT2D eigenvalue weighted by atomic mass is 9.77. The lowest BCUT2D eigenvalue weighted by Crippen LogP contribution is -2.41. The summed E-state index contributed by atoms with van der Waals surface area (Å²) in [5, 5.41) is 20.1. The molecule has 9 heteroatoms. The summed E-state index contributed by atoms with van der Waals surface area (Å²) in [7, 11) is -4.39. The summed E-state index contributed by atoms with van der Waals surface area (Å²) in [6.07, 6.45) is -0.163. The molecule has 2 aliphatic rings. The Morgan fingerprint density at radius 2 is 1.63 bits per heavy atom. The number of hydrogen-bond donors (Lipinski definition) is 0. The van der Waals surface area contributed by atoms with Gasteiger partial charge >= 0.3 is 5.97 Å². The molecule has 1 spiro atoms. The Hall–Kier alpha value is -4.73. The van der Waals surface area contributed by atoms with E-state index < -0.39 is 32.7 Å². The third-order valence-corrected chi connectivity index (χ3v) is 9.86. The first kappa shape index (κ1) is 27.8. The summed E-state index contributed by atoms with van der Waals surface area (Å²) in [5.74, 6) is -1.63. The van der Waals surface area contributed by atoms with Crippen molar-refractivity contribution < 1.29 is 22.7 Å². The minimum Gasteiger partial charge on any atom is -0.465 e. The third kappa shape index (κ3) is 3.81. The van der Waals surface area contributed by atoms with Gasteiger partial charge in [-0.3, -0.25) is 9.59 Å². The van der Waals surface area contributed by atoms with Crippen LogP contribution >= 0.6 is 0 Å². The zero-order chi connectivity index (χ0) is 29.7. The van der Waals surface area contributed by atoms with Crippen LogP contribution in [0.3, 0.4) is 0 Å². The predicted octanol–water partition coefficient (Wildman–Crippen LogP) is 5.04. The van der Waals surface area contributed by atoms with Crippen LogP contribution in [0.1, 0.15) is 41.2 Å². The smallest absolute Gasteiger partial charge is 0.318 e. The maximum Gasteiger partial charge on any atom is 0.318 e. The second-order valence-corrected chi connectivity index (χ2v) is 12.2. The van der Waals surface area contributed by atoms with Crippen molar-refractivity contribution in [1.29, 1.82) is 10.5 Å². The summed E-state index contributed by atoms with van der Waals surface area (Å²) < 4.78 is 34.2. The maximum atomic E-state index is 14.6. The van der Waals surface area contributed by atoms with Gasteiger partial charge in [0.05, 0.1) is 22.6 Å². The number of ether oxygens (including phenoxy) is 1. The first-order valence-corrected chi connectivity index (χ1v) is 14.5. The molecule has 1 aliphatic carbocycles. The summed E-state index contributed by atoms with van der Waals surface area (Å²) in [5.41, 5.74) is -0.282. The molecule has 0 bridgehead atoms. The van der Waals surface area contributed by atoms with E-state index >= 15 is 0 Å². The van der Waals surface area contributed by atoms with E-state index in [1.54, 1.807) is 49.4 Å². The van der Waals surface area contributed by atoms with Crippen LogP contribution in [-0.2, 0) is 29.8 Å². The average Bonchev–Trinajstić information content (AvgIpc) is 3.58. The van der Waals surface area contributed by atoms with Crippen LogP contribution < -0.4 is 4.31 Å². The highest BCUT2D eigenvalue weighted by atomic mass is 32.2. The molecule has 2 atom stereocenters. The van der Waals surface area contributed by atoms with Crippen molar-refractivity contribution in [1.82, 2.24) is 0 Å². The van der Waals surface area contributed by atoms with Gasteiger partial charge in [-0.1, -0.05) is 54.1 Å². The number of benzene rings is 3. The van der Waals surface area contributed by atoms with Crippen LogP contribution in [-0.4, -0.2) is 26.9 Å². The molecule has 1 heterocycles. The Labute approximate surface area is 239 Å². The van der Waals surface area contributed by atoms with Crippen LogP contribution in [0.5, 0.6) is 0 Å².